The minimum atomic E-state index is 0.531. The number of rotatable bonds is 6. The van der Waals surface area contributed by atoms with Crippen molar-refractivity contribution in [1.82, 2.24) is 14.6 Å². The van der Waals surface area contributed by atoms with Crippen molar-refractivity contribution in [3.8, 4) is 11.1 Å². The Morgan fingerprint density at radius 3 is 2.54 bits per heavy atom. The maximum atomic E-state index is 4.16. The molecule has 1 N–H and O–H groups in total. The molecule has 2 heterocycles. The van der Waals surface area contributed by atoms with Crippen molar-refractivity contribution in [2.45, 2.75) is 23.9 Å². The number of pyridine rings is 1. The highest BCUT2D eigenvalue weighted by Gasteiger charge is 2.22. The van der Waals surface area contributed by atoms with Crippen molar-refractivity contribution in [2.75, 3.05) is 13.1 Å². The molecule has 0 saturated carbocycles. The summed E-state index contributed by atoms with van der Waals surface area (Å²) in [7, 11) is 0. The van der Waals surface area contributed by atoms with Crippen LogP contribution in [0.2, 0.25) is 0 Å². The van der Waals surface area contributed by atoms with E-state index in [1.807, 2.05) is 18.5 Å². The Morgan fingerprint density at radius 2 is 1.77 bits per heavy atom. The van der Waals surface area contributed by atoms with Gasteiger partial charge in [-0.15, -0.1) is 0 Å². The molecule has 1 aromatic heterocycles. The summed E-state index contributed by atoms with van der Waals surface area (Å²) in [4.78, 5) is 7.85. The van der Waals surface area contributed by atoms with Crippen LogP contribution in [0.1, 0.15) is 12.0 Å². The van der Waals surface area contributed by atoms with Gasteiger partial charge in [-0.25, -0.2) is 0 Å². The molecular formula is C22H23N3S. The van der Waals surface area contributed by atoms with Gasteiger partial charge in [-0.1, -0.05) is 54.6 Å². The van der Waals surface area contributed by atoms with Crippen LogP contribution in [0.25, 0.3) is 11.1 Å². The smallest absolute Gasteiger partial charge is 0.0417 e. The number of hydrogen-bond acceptors (Lipinski definition) is 4. The largest absolute Gasteiger partial charge is 0.297 e. The van der Waals surface area contributed by atoms with E-state index in [-0.39, 0.29) is 0 Å². The lowest BCUT2D eigenvalue weighted by Crippen LogP contribution is -2.28. The second-order valence-electron chi connectivity index (χ2n) is 6.69. The topological polar surface area (TPSA) is 28.2 Å². The Kier molecular flexibility index (Phi) is 5.65. The summed E-state index contributed by atoms with van der Waals surface area (Å²) in [6.45, 7) is 3.25. The molecule has 4 heteroatoms. The van der Waals surface area contributed by atoms with E-state index in [9.17, 15) is 0 Å². The quantitative estimate of drug-likeness (QED) is 0.649. The average Bonchev–Trinajstić information content (AvgIpc) is 3.16. The zero-order chi connectivity index (χ0) is 17.6. The first kappa shape index (κ1) is 17.3. The number of nitrogens with zero attached hydrogens (tertiary/aromatic N) is 2. The molecule has 0 amide bonds. The van der Waals surface area contributed by atoms with Gasteiger partial charge in [0.25, 0.3) is 0 Å². The van der Waals surface area contributed by atoms with Crippen molar-refractivity contribution in [2.24, 2.45) is 0 Å². The van der Waals surface area contributed by atoms with E-state index in [1.165, 1.54) is 28.0 Å². The van der Waals surface area contributed by atoms with Gasteiger partial charge in [-0.05, 0) is 47.2 Å². The third-order valence-corrected chi connectivity index (χ3v) is 5.65. The molecule has 4 rings (SSSR count). The van der Waals surface area contributed by atoms with Crippen LogP contribution in [0.15, 0.2) is 84.0 Å². The summed E-state index contributed by atoms with van der Waals surface area (Å²) in [5.41, 5.74) is 3.94. The summed E-state index contributed by atoms with van der Waals surface area (Å²) in [5, 5.41) is 0. The minimum Gasteiger partial charge on any atom is -0.297 e. The van der Waals surface area contributed by atoms with Crippen molar-refractivity contribution < 1.29 is 0 Å². The molecule has 1 unspecified atom stereocenters. The van der Waals surface area contributed by atoms with Gasteiger partial charge >= 0.3 is 0 Å². The molecule has 1 saturated heterocycles. The van der Waals surface area contributed by atoms with Gasteiger partial charge in [0.1, 0.15) is 0 Å². The van der Waals surface area contributed by atoms with Gasteiger partial charge in [0.2, 0.25) is 0 Å². The first-order chi connectivity index (χ1) is 12.9. The molecule has 26 heavy (non-hydrogen) atoms. The monoisotopic (exact) mass is 361 g/mol. The third kappa shape index (κ3) is 4.52. The van der Waals surface area contributed by atoms with E-state index in [0.717, 1.165) is 19.6 Å². The zero-order valence-electron chi connectivity index (χ0n) is 14.7. The molecule has 1 aliphatic heterocycles. The molecule has 0 aliphatic carbocycles. The van der Waals surface area contributed by atoms with Crippen LogP contribution in [0.4, 0.5) is 0 Å². The van der Waals surface area contributed by atoms with Gasteiger partial charge < -0.3 is 0 Å². The Balaban J connectivity index is 1.28. The number of hydrogen-bond donors (Lipinski definition) is 1. The van der Waals surface area contributed by atoms with Crippen LogP contribution < -0.4 is 4.72 Å². The maximum absolute atomic E-state index is 4.16. The van der Waals surface area contributed by atoms with Crippen molar-refractivity contribution in [3.63, 3.8) is 0 Å². The zero-order valence-corrected chi connectivity index (χ0v) is 15.5. The number of nitrogens with one attached hydrogen (secondary N) is 1. The summed E-state index contributed by atoms with van der Waals surface area (Å²) < 4.78 is 3.58. The predicted octanol–water partition coefficient (Wildman–Crippen LogP) is 4.62. The fourth-order valence-electron chi connectivity index (χ4n) is 3.32. The molecule has 1 atom stereocenters. The fraction of sp³-hybridized carbons (Fsp3) is 0.227. The highest BCUT2D eigenvalue weighted by atomic mass is 32.2. The predicted molar refractivity (Wildman–Crippen MR) is 109 cm³/mol. The standard InChI is InChI=1S/C22H23N3S/c1-2-5-19(6-3-1)20-10-8-18(9-11-20)16-25-14-12-21(17-25)24-26-22-7-4-13-23-15-22/h1-11,13,15,21,24H,12,14,16-17H2. The lowest BCUT2D eigenvalue weighted by molar-refractivity contribution is 0.325. The molecule has 0 spiro atoms. The average molecular weight is 362 g/mol. The lowest BCUT2D eigenvalue weighted by atomic mass is 10.0. The SMILES string of the molecule is c1ccc(-c2ccc(CN3CCC(NSc4cccnc4)C3)cc2)cc1. The van der Waals surface area contributed by atoms with E-state index in [1.54, 1.807) is 11.9 Å². The van der Waals surface area contributed by atoms with Crippen molar-refractivity contribution >= 4 is 11.9 Å². The Bertz CT molecular complexity index is 806. The third-order valence-electron chi connectivity index (χ3n) is 4.72. The molecular weight excluding hydrogens is 338 g/mol. The first-order valence-electron chi connectivity index (χ1n) is 9.06. The minimum absolute atomic E-state index is 0.531. The van der Waals surface area contributed by atoms with Crippen LogP contribution in [0, 0.1) is 0 Å². The number of benzene rings is 2. The van der Waals surface area contributed by atoms with E-state index in [4.69, 9.17) is 0 Å². The van der Waals surface area contributed by atoms with Gasteiger partial charge in [-0.3, -0.25) is 14.6 Å². The molecule has 132 valence electrons. The molecule has 0 bridgehead atoms. The maximum Gasteiger partial charge on any atom is 0.0417 e. The molecule has 1 fully saturated rings. The second kappa shape index (κ2) is 8.49. The van der Waals surface area contributed by atoms with Crippen molar-refractivity contribution in [3.05, 3.63) is 84.7 Å². The summed E-state index contributed by atoms with van der Waals surface area (Å²) in [6, 6.07) is 24.1. The normalized spacial score (nSPS) is 17.5. The molecule has 3 aromatic rings. The first-order valence-corrected chi connectivity index (χ1v) is 9.87. The van der Waals surface area contributed by atoms with Gasteiger partial charge in [0.05, 0.1) is 0 Å². The number of likely N-dealkylation sites (tertiary alicyclic amines) is 1. The molecule has 3 nitrogen and oxygen atoms in total. The van der Waals surface area contributed by atoms with Crippen molar-refractivity contribution in [1.29, 1.82) is 0 Å². The van der Waals surface area contributed by atoms with Crippen LogP contribution in [0.5, 0.6) is 0 Å². The summed E-state index contributed by atoms with van der Waals surface area (Å²) in [5.74, 6) is 0. The Labute approximate surface area is 159 Å². The highest BCUT2D eigenvalue weighted by molar-refractivity contribution is 7.97. The van der Waals surface area contributed by atoms with Crippen LogP contribution in [0.3, 0.4) is 0 Å². The van der Waals surface area contributed by atoms with E-state index in [2.05, 4.69) is 75.3 Å². The molecule has 0 radical (unpaired) electrons. The molecule has 2 aromatic carbocycles. The summed E-state index contributed by atoms with van der Waals surface area (Å²) >= 11 is 1.69. The van der Waals surface area contributed by atoms with E-state index in [0.29, 0.717) is 6.04 Å². The highest BCUT2D eigenvalue weighted by Crippen LogP contribution is 2.22. The van der Waals surface area contributed by atoms with E-state index < -0.39 is 0 Å². The van der Waals surface area contributed by atoms with Gasteiger partial charge in [0.15, 0.2) is 0 Å². The van der Waals surface area contributed by atoms with Crippen LogP contribution >= 0.6 is 11.9 Å². The Morgan fingerprint density at radius 1 is 0.962 bits per heavy atom. The van der Waals surface area contributed by atoms with E-state index >= 15 is 0 Å². The number of aromatic nitrogens is 1. The fourth-order valence-corrected chi connectivity index (χ4v) is 4.08. The Hall–Kier alpha value is -2.14. The lowest BCUT2D eigenvalue weighted by Gasteiger charge is -2.17. The van der Waals surface area contributed by atoms with Gasteiger partial charge in [-0.2, -0.15) is 0 Å². The summed E-state index contributed by atoms with van der Waals surface area (Å²) in [6.07, 6.45) is 4.90. The van der Waals surface area contributed by atoms with Crippen LogP contribution in [-0.2, 0) is 6.54 Å². The van der Waals surface area contributed by atoms with Crippen LogP contribution in [-0.4, -0.2) is 29.0 Å². The molecule has 1 aliphatic rings. The van der Waals surface area contributed by atoms with Gasteiger partial charge in [0, 0.05) is 43.0 Å². The second-order valence-corrected chi connectivity index (χ2v) is 7.60.